The second kappa shape index (κ2) is 3.72. The highest BCUT2D eigenvalue weighted by molar-refractivity contribution is 4.86. The van der Waals surface area contributed by atoms with Crippen molar-refractivity contribution in [3.8, 4) is 0 Å². The van der Waals surface area contributed by atoms with Crippen molar-refractivity contribution in [3.63, 3.8) is 0 Å². The highest BCUT2D eigenvalue weighted by Crippen LogP contribution is 1.96. The lowest BCUT2D eigenvalue weighted by atomic mass is 10.3. The minimum absolute atomic E-state index is 0.440. The highest BCUT2D eigenvalue weighted by atomic mass is 16.3. The van der Waals surface area contributed by atoms with E-state index in [1.807, 2.05) is 6.92 Å². The number of aliphatic hydroxyl groups is 1. The van der Waals surface area contributed by atoms with Gasteiger partial charge in [0.05, 0.1) is 5.76 Å². The Morgan fingerprint density at radius 1 is 1.86 bits per heavy atom. The molecule has 1 radical (unpaired) electrons. The van der Waals surface area contributed by atoms with Gasteiger partial charge in [0.25, 0.3) is 0 Å². The van der Waals surface area contributed by atoms with Crippen LogP contribution in [-0.2, 0) is 0 Å². The largest absolute Gasteiger partial charge is 0.513 e. The van der Waals surface area contributed by atoms with Gasteiger partial charge in [-0.2, -0.15) is 0 Å². The first-order valence-electron chi connectivity index (χ1n) is 2.44. The Balaban J connectivity index is 3.17. The Hall–Kier alpha value is -0.460. The molecule has 0 aromatic carbocycles. The molecule has 0 atom stereocenters. The van der Waals surface area contributed by atoms with E-state index >= 15 is 0 Å². The van der Waals surface area contributed by atoms with Gasteiger partial charge in [0.1, 0.15) is 0 Å². The van der Waals surface area contributed by atoms with E-state index in [2.05, 4.69) is 6.92 Å². The summed E-state index contributed by atoms with van der Waals surface area (Å²) in [5.74, 6) is 0.440. The summed E-state index contributed by atoms with van der Waals surface area (Å²) in [7, 11) is 0. The predicted octanol–water partition coefficient (Wildman–Crippen LogP) is 2.06. The second-order valence-corrected chi connectivity index (χ2v) is 1.38. The van der Waals surface area contributed by atoms with Crippen LogP contribution in [0.1, 0.15) is 19.8 Å². The molecular weight excluding hydrogens is 88.1 g/mol. The van der Waals surface area contributed by atoms with Crippen molar-refractivity contribution in [3.05, 3.63) is 18.8 Å². The van der Waals surface area contributed by atoms with Crippen LogP contribution in [0.3, 0.4) is 0 Å². The SMILES string of the molecule is [CH2]CCC(O)=CC. The first kappa shape index (κ1) is 6.54. The van der Waals surface area contributed by atoms with Gasteiger partial charge in [-0.1, -0.05) is 6.92 Å². The molecule has 0 spiro atoms. The van der Waals surface area contributed by atoms with Crippen LogP contribution >= 0.6 is 0 Å². The summed E-state index contributed by atoms with van der Waals surface area (Å²) in [6, 6.07) is 0. The van der Waals surface area contributed by atoms with Gasteiger partial charge in [-0.15, -0.1) is 0 Å². The first-order chi connectivity index (χ1) is 3.31. The van der Waals surface area contributed by atoms with E-state index in [4.69, 9.17) is 5.11 Å². The van der Waals surface area contributed by atoms with Gasteiger partial charge >= 0.3 is 0 Å². The monoisotopic (exact) mass is 99.1 g/mol. The molecule has 0 saturated carbocycles. The molecule has 0 bridgehead atoms. The van der Waals surface area contributed by atoms with Crippen LogP contribution in [0.15, 0.2) is 11.8 Å². The Morgan fingerprint density at radius 2 is 2.43 bits per heavy atom. The zero-order valence-corrected chi connectivity index (χ0v) is 4.65. The lowest BCUT2D eigenvalue weighted by molar-refractivity contribution is 0.388. The fourth-order valence-corrected chi connectivity index (χ4v) is 0.325. The molecule has 0 aliphatic carbocycles. The molecule has 1 nitrogen and oxygen atoms in total. The van der Waals surface area contributed by atoms with E-state index in [0.717, 1.165) is 6.42 Å². The van der Waals surface area contributed by atoms with Gasteiger partial charge in [0, 0.05) is 6.42 Å². The van der Waals surface area contributed by atoms with Crippen molar-refractivity contribution in [2.24, 2.45) is 0 Å². The van der Waals surface area contributed by atoms with E-state index < -0.39 is 0 Å². The summed E-state index contributed by atoms with van der Waals surface area (Å²) in [5, 5.41) is 8.68. The molecule has 7 heavy (non-hydrogen) atoms. The Labute approximate surface area is 44.7 Å². The molecule has 0 aromatic rings. The quantitative estimate of drug-likeness (QED) is 0.525. The maximum atomic E-state index is 8.68. The van der Waals surface area contributed by atoms with Gasteiger partial charge < -0.3 is 5.11 Å². The van der Waals surface area contributed by atoms with E-state index in [1.165, 1.54) is 0 Å². The molecule has 0 aliphatic rings. The van der Waals surface area contributed by atoms with Gasteiger partial charge in [0.15, 0.2) is 0 Å². The average molecular weight is 99.2 g/mol. The number of hydrogen-bond acceptors (Lipinski definition) is 1. The summed E-state index contributed by atoms with van der Waals surface area (Å²) in [4.78, 5) is 0. The smallest absolute Gasteiger partial charge is 0.0880 e. The van der Waals surface area contributed by atoms with Gasteiger partial charge in [-0.25, -0.2) is 0 Å². The van der Waals surface area contributed by atoms with Crippen LogP contribution in [0.5, 0.6) is 0 Å². The maximum Gasteiger partial charge on any atom is 0.0880 e. The van der Waals surface area contributed by atoms with Crippen molar-refractivity contribution in [1.82, 2.24) is 0 Å². The molecule has 0 unspecified atom stereocenters. The van der Waals surface area contributed by atoms with E-state index in [0.29, 0.717) is 12.2 Å². The number of allylic oxidation sites excluding steroid dienone is 2. The molecule has 1 heteroatoms. The third-order valence-electron chi connectivity index (χ3n) is 0.766. The van der Waals surface area contributed by atoms with Crippen LogP contribution in [0.4, 0.5) is 0 Å². The topological polar surface area (TPSA) is 20.2 Å². The molecule has 0 saturated heterocycles. The molecule has 1 N–H and O–H groups in total. The second-order valence-electron chi connectivity index (χ2n) is 1.38. The van der Waals surface area contributed by atoms with E-state index in [1.54, 1.807) is 6.08 Å². The fraction of sp³-hybridized carbons (Fsp3) is 0.500. The Bertz CT molecular complexity index is 64.6. The minimum Gasteiger partial charge on any atom is -0.513 e. The molecule has 0 heterocycles. The molecule has 0 rings (SSSR count). The average Bonchev–Trinajstić information content (AvgIpc) is 1.68. The summed E-state index contributed by atoms with van der Waals surface area (Å²) >= 11 is 0. The van der Waals surface area contributed by atoms with Crippen molar-refractivity contribution in [1.29, 1.82) is 0 Å². The van der Waals surface area contributed by atoms with E-state index in [-0.39, 0.29) is 0 Å². The van der Waals surface area contributed by atoms with Crippen molar-refractivity contribution in [2.45, 2.75) is 19.8 Å². The molecular formula is C6H11O. The minimum atomic E-state index is 0.440. The predicted molar refractivity (Wildman–Crippen MR) is 31.0 cm³/mol. The zero-order chi connectivity index (χ0) is 5.70. The normalized spacial score (nSPS) is 12.0. The molecule has 0 aliphatic heterocycles. The van der Waals surface area contributed by atoms with Gasteiger partial charge in [0.2, 0.25) is 0 Å². The van der Waals surface area contributed by atoms with Gasteiger partial charge in [-0.3, -0.25) is 0 Å². The zero-order valence-electron chi connectivity index (χ0n) is 4.65. The third-order valence-corrected chi connectivity index (χ3v) is 0.766. The summed E-state index contributed by atoms with van der Waals surface area (Å²) in [5.41, 5.74) is 0. The van der Waals surface area contributed by atoms with Crippen molar-refractivity contribution < 1.29 is 5.11 Å². The van der Waals surface area contributed by atoms with Gasteiger partial charge in [-0.05, 0) is 19.4 Å². The molecule has 0 aromatic heterocycles. The van der Waals surface area contributed by atoms with E-state index in [9.17, 15) is 0 Å². The summed E-state index contributed by atoms with van der Waals surface area (Å²) in [6.45, 7) is 5.38. The molecule has 0 amide bonds. The summed E-state index contributed by atoms with van der Waals surface area (Å²) < 4.78 is 0. The standard InChI is InChI=1S/C6H11O/c1-3-5-6(7)4-2/h4,7H,1,3,5H2,2H3. The van der Waals surface area contributed by atoms with Crippen molar-refractivity contribution >= 4 is 0 Å². The Morgan fingerprint density at radius 3 is 2.57 bits per heavy atom. The highest BCUT2D eigenvalue weighted by Gasteiger charge is 1.83. The fourth-order valence-electron chi connectivity index (χ4n) is 0.325. The van der Waals surface area contributed by atoms with Crippen molar-refractivity contribution in [2.75, 3.05) is 0 Å². The van der Waals surface area contributed by atoms with Crippen LogP contribution < -0.4 is 0 Å². The third kappa shape index (κ3) is 3.37. The summed E-state index contributed by atoms with van der Waals surface area (Å²) in [6.07, 6.45) is 3.16. The first-order valence-corrected chi connectivity index (χ1v) is 2.44. The number of rotatable bonds is 2. The maximum absolute atomic E-state index is 8.68. The van der Waals surface area contributed by atoms with Crippen LogP contribution in [-0.4, -0.2) is 5.11 Å². The van der Waals surface area contributed by atoms with Crippen LogP contribution in [0.25, 0.3) is 0 Å². The number of hydrogen-bond donors (Lipinski definition) is 1. The lowest BCUT2D eigenvalue weighted by Gasteiger charge is -1.90. The molecule has 41 valence electrons. The molecule has 0 fully saturated rings. The lowest BCUT2D eigenvalue weighted by Crippen LogP contribution is -1.75. The van der Waals surface area contributed by atoms with Crippen LogP contribution in [0.2, 0.25) is 0 Å². The number of aliphatic hydroxyl groups excluding tert-OH is 1. The Kier molecular flexibility index (Phi) is 3.48. The van der Waals surface area contributed by atoms with Crippen LogP contribution in [0, 0.1) is 6.92 Å².